The zero-order valence-corrected chi connectivity index (χ0v) is 15.1. The van der Waals surface area contributed by atoms with E-state index >= 15 is 0 Å². The number of rotatable bonds is 3. The maximum atomic E-state index is 14.0. The third-order valence-electron chi connectivity index (χ3n) is 4.56. The van der Waals surface area contributed by atoms with Gasteiger partial charge in [-0.05, 0) is 42.7 Å². The second-order valence-electron chi connectivity index (χ2n) is 6.17. The van der Waals surface area contributed by atoms with Gasteiger partial charge in [0.1, 0.15) is 5.82 Å². The van der Waals surface area contributed by atoms with Gasteiger partial charge in [0.05, 0.1) is 11.3 Å². The number of benzene rings is 2. The van der Waals surface area contributed by atoms with E-state index in [9.17, 15) is 9.18 Å². The Balaban J connectivity index is 1.68. The van der Waals surface area contributed by atoms with E-state index in [1.807, 2.05) is 24.6 Å². The molecule has 0 aliphatic carbocycles. The Bertz CT molecular complexity index is 969. The van der Waals surface area contributed by atoms with Crippen molar-refractivity contribution in [1.82, 2.24) is 4.98 Å². The van der Waals surface area contributed by atoms with E-state index in [4.69, 9.17) is 0 Å². The molecule has 1 aliphatic rings. The highest BCUT2D eigenvalue weighted by molar-refractivity contribution is 7.14. The second-order valence-corrected chi connectivity index (χ2v) is 7.03. The lowest BCUT2D eigenvalue weighted by Crippen LogP contribution is -2.36. The van der Waals surface area contributed by atoms with Crippen molar-refractivity contribution in [1.29, 1.82) is 0 Å². The van der Waals surface area contributed by atoms with Crippen LogP contribution in [0.1, 0.15) is 22.3 Å². The molecule has 0 bridgehead atoms. The third kappa shape index (κ3) is 2.97. The van der Waals surface area contributed by atoms with E-state index < -0.39 is 5.82 Å². The third-order valence-corrected chi connectivity index (χ3v) is 5.42. The molecule has 1 amide bonds. The van der Waals surface area contributed by atoms with Gasteiger partial charge < -0.3 is 10.2 Å². The van der Waals surface area contributed by atoms with Crippen LogP contribution in [0.5, 0.6) is 0 Å². The lowest BCUT2D eigenvalue weighted by molar-refractivity contribution is 0.0981. The van der Waals surface area contributed by atoms with Crippen LogP contribution in [-0.4, -0.2) is 24.5 Å². The van der Waals surface area contributed by atoms with Crippen molar-refractivity contribution in [3.05, 3.63) is 64.8 Å². The minimum absolute atomic E-state index is 0.114. The number of hydrogen-bond donors (Lipinski definition) is 1. The molecule has 4 rings (SSSR count). The number of anilines is 2. The first-order valence-electron chi connectivity index (χ1n) is 8.50. The Morgan fingerprint density at radius 3 is 2.88 bits per heavy atom. The maximum Gasteiger partial charge on any atom is 0.261 e. The van der Waals surface area contributed by atoms with Crippen molar-refractivity contribution >= 4 is 28.1 Å². The molecule has 4 nitrogen and oxygen atoms in total. The average Bonchev–Trinajstić information content (AvgIpc) is 3.16. The van der Waals surface area contributed by atoms with Crippen LogP contribution in [0.25, 0.3) is 11.3 Å². The molecule has 0 spiro atoms. The average molecular weight is 367 g/mol. The molecule has 2 heterocycles. The summed E-state index contributed by atoms with van der Waals surface area (Å²) in [6, 6.07) is 12.1. The van der Waals surface area contributed by atoms with Gasteiger partial charge in [-0.15, -0.1) is 11.3 Å². The lowest BCUT2D eigenvalue weighted by atomic mass is 9.97. The van der Waals surface area contributed by atoms with E-state index in [1.54, 1.807) is 28.4 Å². The van der Waals surface area contributed by atoms with Crippen LogP contribution in [0.15, 0.2) is 47.8 Å². The quantitative estimate of drug-likeness (QED) is 0.737. The van der Waals surface area contributed by atoms with Gasteiger partial charge in [0.25, 0.3) is 5.91 Å². The van der Waals surface area contributed by atoms with E-state index in [0.717, 1.165) is 40.5 Å². The summed E-state index contributed by atoms with van der Waals surface area (Å²) in [5, 5.41) is 5.93. The van der Waals surface area contributed by atoms with Gasteiger partial charge in [0, 0.05) is 30.2 Å². The standard InChI is InChI=1S/C20H18FN3OS/c1-22-20-23-17(12-26-20)13-8-9-18-14(11-13)5-4-10-24(18)19(25)15-6-2-3-7-16(15)21/h2-3,6-9,11-12H,4-5,10H2,1H3,(H,22,23). The van der Waals surface area contributed by atoms with E-state index in [-0.39, 0.29) is 11.5 Å². The Morgan fingerprint density at radius 1 is 1.27 bits per heavy atom. The van der Waals surface area contributed by atoms with Gasteiger partial charge in [-0.1, -0.05) is 18.2 Å². The molecule has 1 N–H and O–H groups in total. The summed E-state index contributed by atoms with van der Waals surface area (Å²) in [5.41, 5.74) is 4.01. The Labute approximate surface area is 155 Å². The number of carbonyl (C=O) groups is 1. The summed E-state index contributed by atoms with van der Waals surface area (Å²) in [6.07, 6.45) is 1.75. The zero-order valence-electron chi connectivity index (χ0n) is 14.3. The molecule has 0 unspecified atom stereocenters. The van der Waals surface area contributed by atoms with Crippen molar-refractivity contribution in [3.63, 3.8) is 0 Å². The van der Waals surface area contributed by atoms with Crippen LogP contribution in [0.2, 0.25) is 0 Å². The fraction of sp³-hybridized carbons (Fsp3) is 0.200. The van der Waals surface area contributed by atoms with Crippen LogP contribution in [-0.2, 0) is 6.42 Å². The van der Waals surface area contributed by atoms with Gasteiger partial charge >= 0.3 is 0 Å². The number of carbonyl (C=O) groups excluding carboxylic acids is 1. The normalized spacial score (nSPS) is 13.4. The van der Waals surface area contributed by atoms with Crippen LogP contribution in [0, 0.1) is 5.82 Å². The Kier molecular flexibility index (Phi) is 4.42. The summed E-state index contributed by atoms with van der Waals surface area (Å²) in [7, 11) is 1.85. The smallest absolute Gasteiger partial charge is 0.261 e. The van der Waals surface area contributed by atoms with Crippen LogP contribution >= 0.6 is 11.3 Å². The molecule has 0 radical (unpaired) electrons. The summed E-state index contributed by atoms with van der Waals surface area (Å²) in [4.78, 5) is 19.1. The molecule has 2 aromatic carbocycles. The number of nitrogens with one attached hydrogen (secondary N) is 1. The molecule has 0 atom stereocenters. The number of thiazole rings is 1. The van der Waals surface area contributed by atoms with Crippen LogP contribution in [0.3, 0.4) is 0 Å². The SMILES string of the molecule is CNc1nc(-c2ccc3c(c2)CCCN3C(=O)c2ccccc2F)cs1. The van der Waals surface area contributed by atoms with E-state index in [2.05, 4.69) is 16.4 Å². The van der Waals surface area contributed by atoms with Gasteiger partial charge in [0.2, 0.25) is 0 Å². The summed E-state index contributed by atoms with van der Waals surface area (Å²) >= 11 is 1.56. The molecule has 0 fully saturated rings. The number of aryl methyl sites for hydroxylation is 1. The van der Waals surface area contributed by atoms with Crippen LogP contribution < -0.4 is 10.2 Å². The van der Waals surface area contributed by atoms with Crippen LogP contribution in [0.4, 0.5) is 15.2 Å². The zero-order chi connectivity index (χ0) is 18.1. The van der Waals surface area contributed by atoms with Crippen molar-refractivity contribution in [3.8, 4) is 11.3 Å². The molecule has 6 heteroatoms. The fourth-order valence-electron chi connectivity index (χ4n) is 3.27. The van der Waals surface area contributed by atoms with Gasteiger partial charge in [-0.25, -0.2) is 9.37 Å². The first-order valence-corrected chi connectivity index (χ1v) is 9.38. The summed E-state index contributed by atoms with van der Waals surface area (Å²) in [6.45, 7) is 0.597. The highest BCUT2D eigenvalue weighted by atomic mass is 32.1. The topological polar surface area (TPSA) is 45.2 Å². The molecular weight excluding hydrogens is 349 g/mol. The number of halogens is 1. The summed E-state index contributed by atoms with van der Waals surface area (Å²) < 4.78 is 14.0. The van der Waals surface area contributed by atoms with Crippen molar-refractivity contribution < 1.29 is 9.18 Å². The first-order chi connectivity index (χ1) is 12.7. The maximum absolute atomic E-state index is 14.0. The number of nitrogens with zero attached hydrogens (tertiary/aromatic N) is 2. The summed E-state index contributed by atoms with van der Waals surface area (Å²) in [5.74, 6) is -0.772. The van der Waals surface area contributed by atoms with Gasteiger partial charge in [-0.3, -0.25) is 4.79 Å². The molecule has 0 saturated heterocycles. The minimum atomic E-state index is -0.483. The Hall–Kier alpha value is -2.73. The number of fused-ring (bicyclic) bond motifs is 1. The van der Waals surface area contributed by atoms with Crippen molar-refractivity contribution in [2.45, 2.75) is 12.8 Å². The number of amides is 1. The second kappa shape index (κ2) is 6.88. The molecule has 1 aliphatic heterocycles. The molecule has 26 heavy (non-hydrogen) atoms. The highest BCUT2D eigenvalue weighted by Crippen LogP contribution is 2.33. The molecule has 3 aromatic rings. The predicted octanol–water partition coefficient (Wildman–Crippen LogP) is 4.58. The number of aromatic nitrogens is 1. The molecule has 0 saturated carbocycles. The van der Waals surface area contributed by atoms with E-state index in [1.165, 1.54) is 12.1 Å². The minimum Gasteiger partial charge on any atom is -0.365 e. The molecule has 1 aromatic heterocycles. The van der Waals surface area contributed by atoms with Crippen molar-refractivity contribution in [2.75, 3.05) is 23.8 Å². The van der Waals surface area contributed by atoms with E-state index in [0.29, 0.717) is 6.54 Å². The van der Waals surface area contributed by atoms with Crippen molar-refractivity contribution in [2.24, 2.45) is 0 Å². The number of hydrogen-bond acceptors (Lipinski definition) is 4. The molecule has 132 valence electrons. The Morgan fingerprint density at radius 2 is 2.12 bits per heavy atom. The first kappa shape index (κ1) is 16.7. The molecular formula is C20H18FN3OS. The highest BCUT2D eigenvalue weighted by Gasteiger charge is 2.25. The predicted molar refractivity (Wildman–Crippen MR) is 103 cm³/mol. The largest absolute Gasteiger partial charge is 0.365 e. The lowest BCUT2D eigenvalue weighted by Gasteiger charge is -2.30. The van der Waals surface area contributed by atoms with Gasteiger partial charge in [0.15, 0.2) is 5.13 Å². The fourth-order valence-corrected chi connectivity index (χ4v) is 3.95. The van der Waals surface area contributed by atoms with Gasteiger partial charge in [-0.2, -0.15) is 0 Å². The monoisotopic (exact) mass is 367 g/mol.